The fourth-order valence-corrected chi connectivity index (χ4v) is 8.02. The molecule has 11 heteroatoms. The molecular weight excluding hydrogens is 602 g/mol. The summed E-state index contributed by atoms with van der Waals surface area (Å²) in [6, 6.07) is 9.27. The number of anilines is 1. The van der Waals surface area contributed by atoms with Gasteiger partial charge in [0, 0.05) is 54.1 Å². The van der Waals surface area contributed by atoms with Gasteiger partial charge >= 0.3 is 6.01 Å². The highest BCUT2D eigenvalue weighted by Crippen LogP contribution is 2.48. The zero-order chi connectivity index (χ0) is 31.9. The average molecular weight is 639 g/mol. The smallest absolute Gasteiger partial charge is 0.319 e. The van der Waals surface area contributed by atoms with Crippen molar-refractivity contribution < 1.29 is 23.0 Å². The van der Waals surface area contributed by atoms with E-state index in [2.05, 4.69) is 28.0 Å². The van der Waals surface area contributed by atoms with Gasteiger partial charge in [-0.1, -0.05) is 30.2 Å². The molecule has 0 radical (unpaired) electrons. The largest absolute Gasteiger partial charge is 0.475 e. The minimum Gasteiger partial charge on any atom is -0.475 e. The van der Waals surface area contributed by atoms with Crippen molar-refractivity contribution in [3.63, 3.8) is 0 Å². The van der Waals surface area contributed by atoms with Crippen molar-refractivity contribution >= 4 is 27.5 Å². The highest BCUT2D eigenvalue weighted by atomic mass is 19.1. The van der Waals surface area contributed by atoms with Crippen LogP contribution in [0.5, 0.6) is 11.9 Å². The summed E-state index contributed by atoms with van der Waals surface area (Å²) in [7, 11) is 0. The van der Waals surface area contributed by atoms with Gasteiger partial charge in [0.2, 0.25) is 5.88 Å². The maximum atomic E-state index is 17.0. The van der Waals surface area contributed by atoms with Crippen LogP contribution in [-0.4, -0.2) is 90.1 Å². The number of aromatic nitrogens is 3. The molecule has 0 amide bonds. The average Bonchev–Trinajstić information content (AvgIpc) is 3.78. The Morgan fingerprint density at radius 3 is 2.83 bits per heavy atom. The van der Waals surface area contributed by atoms with Crippen LogP contribution in [0.25, 0.3) is 32.9 Å². The van der Waals surface area contributed by atoms with Gasteiger partial charge in [-0.25, -0.2) is 13.8 Å². The Labute approximate surface area is 271 Å². The van der Waals surface area contributed by atoms with Gasteiger partial charge in [0.15, 0.2) is 5.82 Å². The van der Waals surface area contributed by atoms with E-state index >= 15 is 4.39 Å². The first-order chi connectivity index (χ1) is 22.9. The molecule has 6 heterocycles. The van der Waals surface area contributed by atoms with E-state index in [0.717, 1.165) is 52.0 Å². The topological polar surface area (TPSA) is 84.9 Å². The van der Waals surface area contributed by atoms with Crippen molar-refractivity contribution in [1.29, 1.82) is 0 Å². The molecular formula is C36H36F2N6O3. The van der Waals surface area contributed by atoms with Crippen molar-refractivity contribution in [3.05, 3.63) is 47.5 Å². The number of ether oxygens (including phenoxy) is 3. The van der Waals surface area contributed by atoms with Gasteiger partial charge in [0.25, 0.3) is 0 Å². The lowest BCUT2D eigenvalue weighted by Crippen LogP contribution is -2.60. The summed E-state index contributed by atoms with van der Waals surface area (Å²) in [5.41, 5.74) is 0.496. The lowest BCUT2D eigenvalue weighted by Gasteiger charge is -2.40. The van der Waals surface area contributed by atoms with E-state index in [9.17, 15) is 4.39 Å². The fraction of sp³-hybridized carbons (Fsp3) is 0.472. The van der Waals surface area contributed by atoms with Gasteiger partial charge < -0.3 is 24.4 Å². The number of rotatable bonds is 6. The molecule has 0 spiro atoms. The minimum atomic E-state index is -0.652. The summed E-state index contributed by atoms with van der Waals surface area (Å²) >= 11 is 0. The summed E-state index contributed by atoms with van der Waals surface area (Å²) in [6.45, 7) is 6.98. The summed E-state index contributed by atoms with van der Waals surface area (Å²) in [5.74, 6) is 2.09. The van der Waals surface area contributed by atoms with E-state index in [1.165, 1.54) is 6.07 Å². The third kappa shape index (κ3) is 4.80. The monoisotopic (exact) mass is 638 g/mol. The Morgan fingerprint density at radius 1 is 1.11 bits per heavy atom. The molecule has 1 N–H and O–H groups in total. The molecule has 2 bridgehead atoms. The second-order valence-corrected chi connectivity index (χ2v) is 13.9. The maximum absolute atomic E-state index is 17.0. The van der Waals surface area contributed by atoms with Crippen molar-refractivity contribution in [2.45, 2.75) is 56.8 Å². The molecule has 242 valence electrons. The molecule has 4 atom stereocenters. The standard InChI is InChI=1S/C36H36F2N6O3/c1-3-23-25(37)9-7-21-5-4-6-24(28(21)23)31-30(38)32-29-33(44-15-22-8-10-26(39-22)27(44)17-46-34(29)40-31)42-35(41-32)47-19-36(11-12-36)18-43-13-14-45-16-20(43)2/h1,4-7,9,20,22,26-27,39H,8,10-19H2,2H3/t20-,22?,26?,27-/m1/s1. The molecule has 5 aliphatic rings. The zero-order valence-corrected chi connectivity index (χ0v) is 26.3. The molecule has 2 aromatic heterocycles. The molecule has 2 unspecified atom stereocenters. The van der Waals surface area contributed by atoms with Crippen molar-refractivity contribution in [2.24, 2.45) is 5.41 Å². The number of fused-ring (bicyclic) bond motifs is 6. The lowest BCUT2D eigenvalue weighted by molar-refractivity contribution is -0.0134. The van der Waals surface area contributed by atoms with E-state index in [1.54, 1.807) is 18.2 Å². The van der Waals surface area contributed by atoms with Gasteiger partial charge in [-0.05, 0) is 44.1 Å². The third-order valence-electron chi connectivity index (χ3n) is 10.8. The van der Waals surface area contributed by atoms with Crippen LogP contribution in [0.4, 0.5) is 14.6 Å². The second kappa shape index (κ2) is 11.0. The summed E-state index contributed by atoms with van der Waals surface area (Å²) in [5, 5.41) is 5.24. The molecule has 4 aliphatic heterocycles. The number of piperazine rings is 1. The number of pyridine rings is 1. The van der Waals surface area contributed by atoms with E-state index in [-0.39, 0.29) is 46.2 Å². The van der Waals surface area contributed by atoms with Crippen LogP contribution in [-0.2, 0) is 4.74 Å². The zero-order valence-electron chi connectivity index (χ0n) is 26.3. The highest BCUT2D eigenvalue weighted by Gasteiger charge is 2.47. The van der Waals surface area contributed by atoms with E-state index in [0.29, 0.717) is 59.4 Å². The van der Waals surface area contributed by atoms with Crippen LogP contribution in [0.3, 0.4) is 0 Å². The Kier molecular flexibility index (Phi) is 6.79. The number of halogens is 2. The fourth-order valence-electron chi connectivity index (χ4n) is 8.02. The van der Waals surface area contributed by atoms with Crippen LogP contribution in [0, 0.1) is 29.4 Å². The predicted octanol–water partition coefficient (Wildman–Crippen LogP) is 4.69. The second-order valence-electron chi connectivity index (χ2n) is 13.9. The van der Waals surface area contributed by atoms with Gasteiger partial charge in [-0.3, -0.25) is 4.90 Å². The third-order valence-corrected chi connectivity index (χ3v) is 10.8. The molecule has 9 nitrogen and oxygen atoms in total. The predicted molar refractivity (Wildman–Crippen MR) is 174 cm³/mol. The van der Waals surface area contributed by atoms with Gasteiger partial charge in [0.05, 0.1) is 31.4 Å². The molecule has 4 fully saturated rings. The van der Waals surface area contributed by atoms with Crippen LogP contribution in [0.2, 0.25) is 0 Å². The summed E-state index contributed by atoms with van der Waals surface area (Å²) in [6.07, 6.45) is 9.96. The summed E-state index contributed by atoms with van der Waals surface area (Å²) in [4.78, 5) is 19.1. The first kappa shape index (κ1) is 29.1. The number of morpholine rings is 1. The van der Waals surface area contributed by atoms with E-state index < -0.39 is 11.6 Å². The number of terminal acetylenes is 1. The van der Waals surface area contributed by atoms with Crippen molar-refractivity contribution in [1.82, 2.24) is 25.2 Å². The normalized spacial score (nSPS) is 26.0. The van der Waals surface area contributed by atoms with Crippen LogP contribution >= 0.6 is 0 Å². The molecule has 3 saturated heterocycles. The number of benzene rings is 2. The number of nitrogens with zero attached hydrogens (tertiary/aromatic N) is 5. The number of nitrogens with one attached hydrogen (secondary N) is 1. The highest BCUT2D eigenvalue weighted by molar-refractivity contribution is 6.03. The van der Waals surface area contributed by atoms with Gasteiger partial charge in [0.1, 0.15) is 34.8 Å². The Balaban J connectivity index is 1.17. The van der Waals surface area contributed by atoms with Gasteiger partial charge in [-0.2, -0.15) is 9.97 Å². The Hall–Kier alpha value is -4.11. The Morgan fingerprint density at radius 2 is 2.00 bits per heavy atom. The van der Waals surface area contributed by atoms with E-state index in [4.69, 9.17) is 35.6 Å². The first-order valence-corrected chi connectivity index (χ1v) is 16.6. The number of hydrogen-bond acceptors (Lipinski definition) is 9. The quantitative estimate of drug-likeness (QED) is 0.303. The molecule has 4 aromatic rings. The molecule has 1 aliphatic carbocycles. The number of hydrogen-bond donors (Lipinski definition) is 1. The van der Waals surface area contributed by atoms with Crippen LogP contribution in [0.1, 0.15) is 38.2 Å². The molecule has 1 saturated carbocycles. The maximum Gasteiger partial charge on any atom is 0.319 e. The Bertz CT molecular complexity index is 1960. The first-order valence-electron chi connectivity index (χ1n) is 16.6. The molecule has 47 heavy (non-hydrogen) atoms. The van der Waals surface area contributed by atoms with Crippen LogP contribution < -0.4 is 19.7 Å². The molecule has 2 aromatic carbocycles. The van der Waals surface area contributed by atoms with Crippen LogP contribution in [0.15, 0.2) is 30.3 Å². The SMILES string of the molecule is C#Cc1c(F)ccc2cccc(-c3nc4c5c(nc(OCC6(CN7CCOC[C@H]7C)CC6)nc5c3F)N3CC5CCC(N5)[C@H]3CO4)c12. The van der Waals surface area contributed by atoms with Crippen molar-refractivity contribution in [2.75, 3.05) is 51.0 Å². The minimum absolute atomic E-state index is 0.00357. The van der Waals surface area contributed by atoms with Crippen molar-refractivity contribution in [3.8, 4) is 35.5 Å². The lowest BCUT2D eigenvalue weighted by atomic mass is 9.96. The summed E-state index contributed by atoms with van der Waals surface area (Å²) < 4.78 is 50.4. The van der Waals surface area contributed by atoms with Gasteiger partial charge in [-0.15, -0.1) is 6.42 Å². The molecule has 9 rings (SSSR count). The van der Waals surface area contributed by atoms with E-state index in [1.807, 2.05) is 6.07 Å².